The summed E-state index contributed by atoms with van der Waals surface area (Å²) in [6.07, 6.45) is 8.95. The Hall–Kier alpha value is -2.98. The van der Waals surface area contributed by atoms with Gasteiger partial charge in [0.1, 0.15) is 6.04 Å². The maximum absolute atomic E-state index is 12.7. The molecule has 6 nitrogen and oxygen atoms in total. The molecule has 1 aliphatic heterocycles. The van der Waals surface area contributed by atoms with Gasteiger partial charge in [-0.25, -0.2) is 4.79 Å². The lowest BCUT2D eigenvalue weighted by Crippen LogP contribution is -2.42. The summed E-state index contributed by atoms with van der Waals surface area (Å²) in [7, 11) is 0. The van der Waals surface area contributed by atoms with E-state index in [1.165, 1.54) is 6.92 Å². The summed E-state index contributed by atoms with van der Waals surface area (Å²) in [5, 5.41) is 0.442. The summed E-state index contributed by atoms with van der Waals surface area (Å²) in [6.45, 7) is 3.74. The molecule has 1 fully saturated rings. The monoisotopic (exact) mass is 382 g/mol. The third-order valence-corrected chi connectivity index (χ3v) is 5.09. The first-order valence-electron chi connectivity index (χ1n) is 8.43. The van der Waals surface area contributed by atoms with Crippen molar-refractivity contribution in [1.29, 1.82) is 0 Å². The first kappa shape index (κ1) is 18.8. The summed E-state index contributed by atoms with van der Waals surface area (Å²) in [5.74, 6) is 1.50. The number of terminal acetylenes is 1. The van der Waals surface area contributed by atoms with Gasteiger partial charge < -0.3 is 9.30 Å². The van der Waals surface area contributed by atoms with Gasteiger partial charge in [0.2, 0.25) is 0 Å². The highest BCUT2D eigenvalue weighted by atomic mass is 32.2. The second-order valence-electron chi connectivity index (χ2n) is 5.91. The minimum Gasteiger partial charge on any atom is -0.464 e. The van der Waals surface area contributed by atoms with Crippen LogP contribution in [0.25, 0.3) is 17.0 Å². The zero-order valence-corrected chi connectivity index (χ0v) is 15.8. The molecule has 0 saturated carbocycles. The largest absolute Gasteiger partial charge is 0.464 e. The lowest BCUT2D eigenvalue weighted by Gasteiger charge is -2.19. The normalized spacial score (nSPS) is 16.8. The Morgan fingerprint density at radius 1 is 1.37 bits per heavy atom. The molecule has 0 N–H and O–H groups in total. The molecular weight excluding hydrogens is 364 g/mol. The minimum atomic E-state index is -0.967. The van der Waals surface area contributed by atoms with Crippen molar-refractivity contribution in [3.63, 3.8) is 0 Å². The molecular formula is C20H18N2O4S. The summed E-state index contributed by atoms with van der Waals surface area (Å²) < 4.78 is 6.83. The topological polar surface area (TPSA) is 68.6 Å². The van der Waals surface area contributed by atoms with Crippen molar-refractivity contribution in [3.8, 4) is 12.3 Å². The van der Waals surface area contributed by atoms with Gasteiger partial charge in [0.15, 0.2) is 0 Å². The summed E-state index contributed by atoms with van der Waals surface area (Å²) in [5.41, 5.74) is 1.73. The van der Waals surface area contributed by atoms with Crippen LogP contribution in [0.2, 0.25) is 0 Å². The highest BCUT2D eigenvalue weighted by Crippen LogP contribution is 2.35. The van der Waals surface area contributed by atoms with Crippen LogP contribution in [0.15, 0.2) is 35.4 Å². The van der Waals surface area contributed by atoms with Gasteiger partial charge >= 0.3 is 5.97 Å². The van der Waals surface area contributed by atoms with E-state index in [4.69, 9.17) is 11.2 Å². The van der Waals surface area contributed by atoms with Crippen LogP contribution < -0.4 is 0 Å². The van der Waals surface area contributed by atoms with E-state index in [0.29, 0.717) is 6.54 Å². The first-order chi connectivity index (χ1) is 13.0. The van der Waals surface area contributed by atoms with Gasteiger partial charge in [0.05, 0.1) is 18.1 Å². The van der Waals surface area contributed by atoms with E-state index >= 15 is 0 Å². The number of rotatable bonds is 5. The molecule has 2 heterocycles. The molecule has 2 amide bonds. The van der Waals surface area contributed by atoms with Gasteiger partial charge in [-0.15, -0.1) is 6.42 Å². The third-order valence-electron chi connectivity index (χ3n) is 4.21. The van der Waals surface area contributed by atoms with Crippen molar-refractivity contribution >= 4 is 45.9 Å². The van der Waals surface area contributed by atoms with E-state index in [-0.39, 0.29) is 11.5 Å². The van der Waals surface area contributed by atoms with Crippen LogP contribution in [0.4, 0.5) is 4.79 Å². The minimum absolute atomic E-state index is 0.184. The second-order valence-corrected chi connectivity index (χ2v) is 6.91. The van der Waals surface area contributed by atoms with Gasteiger partial charge in [0, 0.05) is 22.7 Å². The second kappa shape index (κ2) is 7.72. The molecule has 1 atom stereocenters. The molecule has 138 valence electrons. The van der Waals surface area contributed by atoms with Gasteiger partial charge in [-0.1, -0.05) is 24.1 Å². The average molecular weight is 382 g/mol. The predicted octanol–water partition coefficient (Wildman–Crippen LogP) is 3.26. The number of imide groups is 1. The summed E-state index contributed by atoms with van der Waals surface area (Å²) in [4.78, 5) is 38.1. The van der Waals surface area contributed by atoms with Crippen LogP contribution in [0.1, 0.15) is 19.4 Å². The molecule has 1 aromatic carbocycles. The summed E-state index contributed by atoms with van der Waals surface area (Å²) >= 11 is 0.813. The molecule has 1 aromatic heterocycles. The molecule has 0 aliphatic carbocycles. The van der Waals surface area contributed by atoms with Crippen molar-refractivity contribution in [3.05, 3.63) is 40.9 Å². The number of fused-ring (bicyclic) bond motifs is 1. The number of amides is 2. The number of carbonyl (C=O) groups is 3. The SMILES string of the molecule is C#CCn1cc(/C=C2/SC(=O)N([C@H](C)C(=O)OCC)C2=O)c2ccccc21. The van der Waals surface area contributed by atoms with Crippen molar-refractivity contribution in [2.24, 2.45) is 0 Å². The number of ether oxygens (including phenoxy) is 1. The average Bonchev–Trinajstić information content (AvgIpc) is 3.13. The number of hydrogen-bond acceptors (Lipinski definition) is 5. The highest BCUT2D eigenvalue weighted by Gasteiger charge is 2.41. The van der Waals surface area contributed by atoms with Gasteiger partial charge in [-0.05, 0) is 37.8 Å². The Balaban J connectivity index is 1.96. The molecule has 3 rings (SSSR count). The predicted molar refractivity (Wildman–Crippen MR) is 105 cm³/mol. The van der Waals surface area contributed by atoms with E-state index in [0.717, 1.165) is 33.1 Å². The molecule has 1 aliphatic rings. The molecule has 0 radical (unpaired) electrons. The van der Waals surface area contributed by atoms with Crippen molar-refractivity contribution in [2.75, 3.05) is 6.61 Å². The standard InChI is InChI=1S/C20H18N2O4S/c1-4-10-21-12-14(15-8-6-7-9-16(15)21)11-17-18(23)22(20(25)27-17)13(3)19(24)26-5-2/h1,6-9,11-13H,5,10H2,2-3H3/b17-11+/t13-/m1/s1. The number of thioether (sulfide) groups is 1. The van der Waals surface area contributed by atoms with Crippen molar-refractivity contribution < 1.29 is 19.1 Å². The van der Waals surface area contributed by atoms with E-state index in [1.54, 1.807) is 13.0 Å². The lowest BCUT2D eigenvalue weighted by molar-refractivity contribution is -0.150. The number of esters is 1. The Bertz CT molecular complexity index is 999. The third kappa shape index (κ3) is 3.49. The number of nitrogens with zero attached hydrogens (tertiary/aromatic N) is 2. The van der Waals surface area contributed by atoms with E-state index in [2.05, 4.69) is 5.92 Å². The van der Waals surface area contributed by atoms with Gasteiger partial charge in [0.25, 0.3) is 11.1 Å². The molecule has 0 unspecified atom stereocenters. The molecule has 1 saturated heterocycles. The number of hydrogen-bond donors (Lipinski definition) is 0. The molecule has 7 heteroatoms. The zero-order valence-electron chi connectivity index (χ0n) is 15.0. The number of benzene rings is 1. The van der Waals surface area contributed by atoms with Crippen LogP contribution >= 0.6 is 11.8 Å². The zero-order chi connectivity index (χ0) is 19.6. The fourth-order valence-electron chi connectivity index (χ4n) is 2.94. The van der Waals surface area contributed by atoms with Crippen molar-refractivity contribution in [2.45, 2.75) is 26.4 Å². The Labute approximate surface area is 161 Å². The molecule has 27 heavy (non-hydrogen) atoms. The Morgan fingerprint density at radius 3 is 2.81 bits per heavy atom. The van der Waals surface area contributed by atoms with E-state index in [1.807, 2.05) is 35.0 Å². The van der Waals surface area contributed by atoms with E-state index < -0.39 is 23.2 Å². The maximum Gasteiger partial charge on any atom is 0.329 e. The van der Waals surface area contributed by atoms with Crippen LogP contribution in [-0.4, -0.2) is 39.2 Å². The highest BCUT2D eigenvalue weighted by molar-refractivity contribution is 8.18. The number of carbonyl (C=O) groups excluding carboxylic acids is 3. The van der Waals surface area contributed by atoms with Gasteiger partial charge in [-0.3, -0.25) is 14.5 Å². The first-order valence-corrected chi connectivity index (χ1v) is 9.24. The molecule has 0 bridgehead atoms. The maximum atomic E-state index is 12.7. The number of aromatic nitrogens is 1. The quantitative estimate of drug-likeness (QED) is 0.451. The van der Waals surface area contributed by atoms with Crippen LogP contribution in [0.3, 0.4) is 0 Å². The fourth-order valence-corrected chi connectivity index (χ4v) is 3.84. The number of para-hydroxylation sites is 1. The van der Waals surface area contributed by atoms with E-state index in [9.17, 15) is 14.4 Å². The van der Waals surface area contributed by atoms with Crippen LogP contribution in [0, 0.1) is 12.3 Å². The lowest BCUT2D eigenvalue weighted by atomic mass is 10.1. The van der Waals surface area contributed by atoms with Crippen molar-refractivity contribution in [1.82, 2.24) is 9.47 Å². The smallest absolute Gasteiger partial charge is 0.329 e. The molecule has 0 spiro atoms. The molecule has 2 aromatic rings. The summed E-state index contributed by atoms with van der Waals surface area (Å²) in [6, 6.07) is 6.71. The fraction of sp³-hybridized carbons (Fsp3) is 0.250. The van der Waals surface area contributed by atoms with Gasteiger partial charge in [-0.2, -0.15) is 0 Å². The van der Waals surface area contributed by atoms with Crippen LogP contribution in [0.5, 0.6) is 0 Å². The van der Waals surface area contributed by atoms with Crippen LogP contribution in [-0.2, 0) is 20.9 Å². The Kier molecular flexibility index (Phi) is 5.38. The Morgan fingerprint density at radius 2 is 2.11 bits per heavy atom.